The Kier molecular flexibility index (Phi) is 3.52. The molecule has 0 unspecified atom stereocenters. The van der Waals surface area contributed by atoms with Crippen LogP contribution in [0.5, 0.6) is 0 Å². The average Bonchev–Trinajstić information content (AvgIpc) is 2.88. The lowest BCUT2D eigenvalue weighted by Crippen LogP contribution is -2.36. The van der Waals surface area contributed by atoms with Gasteiger partial charge in [-0.05, 0) is 18.2 Å². The van der Waals surface area contributed by atoms with Crippen LogP contribution >= 0.6 is 23.2 Å². The van der Waals surface area contributed by atoms with Gasteiger partial charge in [0.2, 0.25) is 17.8 Å². The van der Waals surface area contributed by atoms with E-state index in [2.05, 4.69) is 20.7 Å². The Morgan fingerprint density at radius 2 is 2.24 bits per heavy atom. The van der Waals surface area contributed by atoms with Crippen molar-refractivity contribution in [1.82, 2.24) is 14.8 Å². The number of aromatic nitrogens is 3. The third kappa shape index (κ3) is 2.70. The van der Waals surface area contributed by atoms with Crippen LogP contribution in [0.15, 0.2) is 24.5 Å². The van der Waals surface area contributed by atoms with Gasteiger partial charge in [-0.15, -0.1) is 0 Å². The normalized spacial score (nSPS) is 17.0. The number of anilines is 2. The van der Waals surface area contributed by atoms with Crippen LogP contribution in [0.2, 0.25) is 10.0 Å². The number of nitrogens with zero attached hydrogens (tertiary/aromatic N) is 3. The summed E-state index contributed by atoms with van der Waals surface area (Å²) >= 11 is 11.8. The van der Waals surface area contributed by atoms with E-state index in [1.165, 1.54) is 17.1 Å². The standard InChI is InChI=1S/C12H9Cl2N5O2/c13-6-1-2-8(7(14)3-6)17-11(21)9-4-10(20)18-12-15-5-16-19(9)12/h1-3,5,9H,4H2,(H,17,21)(H,15,16,18,20)/t9-/m1/s1. The van der Waals surface area contributed by atoms with Crippen molar-refractivity contribution in [2.45, 2.75) is 12.5 Å². The van der Waals surface area contributed by atoms with Gasteiger partial charge < -0.3 is 5.32 Å². The van der Waals surface area contributed by atoms with Gasteiger partial charge in [0.1, 0.15) is 12.4 Å². The molecule has 108 valence electrons. The molecule has 0 radical (unpaired) electrons. The second kappa shape index (κ2) is 5.34. The molecule has 1 aromatic carbocycles. The van der Waals surface area contributed by atoms with Crippen LogP contribution in [-0.4, -0.2) is 26.6 Å². The summed E-state index contributed by atoms with van der Waals surface area (Å²) in [5.74, 6) is -0.452. The van der Waals surface area contributed by atoms with Crippen LogP contribution in [-0.2, 0) is 9.59 Å². The summed E-state index contributed by atoms with van der Waals surface area (Å²) in [6.07, 6.45) is 1.25. The molecule has 2 N–H and O–H groups in total. The Morgan fingerprint density at radius 1 is 1.43 bits per heavy atom. The highest BCUT2D eigenvalue weighted by Gasteiger charge is 2.32. The van der Waals surface area contributed by atoms with Gasteiger partial charge in [0, 0.05) is 5.02 Å². The Bertz CT molecular complexity index is 730. The number of amides is 2. The molecule has 3 rings (SSSR count). The van der Waals surface area contributed by atoms with E-state index in [4.69, 9.17) is 23.2 Å². The minimum atomic E-state index is -0.775. The van der Waals surface area contributed by atoms with Crippen molar-refractivity contribution in [2.24, 2.45) is 0 Å². The zero-order chi connectivity index (χ0) is 15.0. The summed E-state index contributed by atoms with van der Waals surface area (Å²) < 4.78 is 1.36. The van der Waals surface area contributed by atoms with Gasteiger partial charge in [-0.25, -0.2) is 4.68 Å². The quantitative estimate of drug-likeness (QED) is 0.884. The summed E-state index contributed by atoms with van der Waals surface area (Å²) in [7, 11) is 0. The number of carbonyl (C=O) groups is 2. The highest BCUT2D eigenvalue weighted by molar-refractivity contribution is 6.36. The number of hydrogen-bond donors (Lipinski definition) is 2. The summed E-state index contributed by atoms with van der Waals surface area (Å²) in [6.45, 7) is 0. The fourth-order valence-electron chi connectivity index (χ4n) is 2.02. The third-order valence-corrected chi connectivity index (χ3v) is 3.54. The first-order chi connectivity index (χ1) is 10.0. The van der Waals surface area contributed by atoms with E-state index in [1.807, 2.05) is 0 Å². The van der Waals surface area contributed by atoms with Gasteiger partial charge in [-0.3, -0.25) is 14.9 Å². The minimum absolute atomic E-state index is 0.0204. The molecule has 1 aromatic heterocycles. The van der Waals surface area contributed by atoms with Crippen LogP contribution in [0, 0.1) is 0 Å². The van der Waals surface area contributed by atoms with Gasteiger partial charge in [-0.1, -0.05) is 23.2 Å². The lowest BCUT2D eigenvalue weighted by Gasteiger charge is -2.22. The minimum Gasteiger partial charge on any atom is -0.323 e. The van der Waals surface area contributed by atoms with Gasteiger partial charge in [0.15, 0.2) is 0 Å². The predicted molar refractivity (Wildman–Crippen MR) is 77.4 cm³/mol. The smallest absolute Gasteiger partial charge is 0.249 e. The van der Waals surface area contributed by atoms with Crippen molar-refractivity contribution >= 4 is 46.7 Å². The van der Waals surface area contributed by atoms with Crippen LogP contribution in [0.1, 0.15) is 12.5 Å². The van der Waals surface area contributed by atoms with Crippen molar-refractivity contribution in [2.75, 3.05) is 10.6 Å². The second-order valence-electron chi connectivity index (χ2n) is 4.41. The van der Waals surface area contributed by atoms with Gasteiger partial charge >= 0.3 is 0 Å². The highest BCUT2D eigenvalue weighted by Crippen LogP contribution is 2.28. The molecule has 0 spiro atoms. The van der Waals surface area contributed by atoms with E-state index < -0.39 is 11.9 Å². The van der Waals surface area contributed by atoms with E-state index in [9.17, 15) is 9.59 Å². The Morgan fingerprint density at radius 3 is 3.00 bits per heavy atom. The number of fused-ring (bicyclic) bond motifs is 1. The lowest BCUT2D eigenvalue weighted by atomic mass is 10.1. The first-order valence-electron chi connectivity index (χ1n) is 6.00. The van der Waals surface area contributed by atoms with Crippen molar-refractivity contribution in [3.05, 3.63) is 34.6 Å². The molecule has 9 heteroatoms. The molecule has 0 bridgehead atoms. The molecule has 7 nitrogen and oxygen atoms in total. The number of carbonyl (C=O) groups excluding carboxylic acids is 2. The first kappa shape index (κ1) is 13.8. The largest absolute Gasteiger partial charge is 0.323 e. The van der Waals surface area contributed by atoms with E-state index in [0.29, 0.717) is 15.7 Å². The Balaban J connectivity index is 1.85. The maximum absolute atomic E-state index is 12.3. The molecule has 2 amide bonds. The Labute approximate surface area is 129 Å². The van der Waals surface area contributed by atoms with Crippen LogP contribution < -0.4 is 10.6 Å². The van der Waals surface area contributed by atoms with Gasteiger partial charge in [0.05, 0.1) is 17.1 Å². The maximum Gasteiger partial charge on any atom is 0.249 e. The van der Waals surface area contributed by atoms with Crippen molar-refractivity contribution in [3.63, 3.8) is 0 Å². The van der Waals surface area contributed by atoms with Crippen LogP contribution in [0.25, 0.3) is 0 Å². The number of benzene rings is 1. The molecule has 0 saturated heterocycles. The van der Waals surface area contributed by atoms with E-state index in [1.54, 1.807) is 12.1 Å². The van der Waals surface area contributed by atoms with Crippen LogP contribution in [0.3, 0.4) is 0 Å². The monoisotopic (exact) mass is 325 g/mol. The topological polar surface area (TPSA) is 88.9 Å². The van der Waals surface area contributed by atoms with Gasteiger partial charge in [-0.2, -0.15) is 10.1 Å². The second-order valence-corrected chi connectivity index (χ2v) is 5.25. The van der Waals surface area contributed by atoms with E-state index in [-0.39, 0.29) is 18.3 Å². The molecule has 21 heavy (non-hydrogen) atoms. The summed E-state index contributed by atoms with van der Waals surface area (Å²) in [5, 5.41) is 9.92. The molecule has 2 heterocycles. The maximum atomic E-state index is 12.3. The van der Waals surface area contributed by atoms with Crippen molar-refractivity contribution in [1.29, 1.82) is 0 Å². The third-order valence-electron chi connectivity index (χ3n) is 2.99. The molecule has 1 aliphatic rings. The molecule has 2 aromatic rings. The summed E-state index contributed by atoms with van der Waals surface area (Å²) in [4.78, 5) is 27.8. The number of rotatable bonds is 2. The van der Waals surface area contributed by atoms with Gasteiger partial charge in [0.25, 0.3) is 0 Å². The molecule has 0 aliphatic carbocycles. The highest BCUT2D eigenvalue weighted by atomic mass is 35.5. The molecular formula is C12H9Cl2N5O2. The number of hydrogen-bond acceptors (Lipinski definition) is 4. The average molecular weight is 326 g/mol. The number of halogens is 2. The zero-order valence-electron chi connectivity index (χ0n) is 10.5. The molecular weight excluding hydrogens is 317 g/mol. The molecule has 0 saturated carbocycles. The van der Waals surface area contributed by atoms with E-state index >= 15 is 0 Å². The number of nitrogens with one attached hydrogen (secondary N) is 2. The summed E-state index contributed by atoms with van der Waals surface area (Å²) in [5.41, 5.74) is 0.415. The molecule has 1 aliphatic heterocycles. The first-order valence-corrected chi connectivity index (χ1v) is 6.75. The van der Waals surface area contributed by atoms with Crippen molar-refractivity contribution in [3.8, 4) is 0 Å². The predicted octanol–water partition coefficient (Wildman–Crippen LogP) is 2.11. The fourth-order valence-corrected chi connectivity index (χ4v) is 2.47. The molecule has 1 atom stereocenters. The lowest BCUT2D eigenvalue weighted by molar-refractivity contribution is -0.125. The SMILES string of the molecule is O=C1C[C@H](C(=O)Nc2ccc(Cl)cc2Cl)n2ncnc2N1. The Hall–Kier alpha value is -2.12. The fraction of sp³-hybridized carbons (Fsp3) is 0.167. The molecule has 0 fully saturated rings. The van der Waals surface area contributed by atoms with Crippen LogP contribution in [0.4, 0.5) is 11.6 Å². The van der Waals surface area contributed by atoms with Crippen molar-refractivity contribution < 1.29 is 9.59 Å². The van der Waals surface area contributed by atoms with E-state index in [0.717, 1.165) is 0 Å². The summed E-state index contributed by atoms with van der Waals surface area (Å²) in [6, 6.07) is 3.95. The zero-order valence-corrected chi connectivity index (χ0v) is 12.0.